The van der Waals surface area contributed by atoms with Crippen molar-refractivity contribution in [2.45, 2.75) is 26.4 Å². The first-order valence-corrected chi connectivity index (χ1v) is 13.7. The second kappa shape index (κ2) is 12.6. The summed E-state index contributed by atoms with van der Waals surface area (Å²) >= 11 is 0. The fraction of sp³-hybridized carbons (Fsp3) is 0.206. The molecule has 4 aromatic carbocycles. The smallest absolute Gasteiger partial charge is 0.332 e. The molecule has 0 aliphatic rings. The van der Waals surface area contributed by atoms with E-state index in [1.54, 1.807) is 61.3 Å². The van der Waals surface area contributed by atoms with Crippen LogP contribution < -0.4 is 26.0 Å². The van der Waals surface area contributed by atoms with Crippen LogP contribution in [0.4, 0.5) is 0 Å². The number of hydrogen-bond donors (Lipinski definition) is 1. The second-order valence-corrected chi connectivity index (χ2v) is 10.2. The molecule has 0 bridgehead atoms. The van der Waals surface area contributed by atoms with Crippen molar-refractivity contribution in [3.63, 3.8) is 0 Å². The molecule has 0 aliphatic carbocycles. The van der Waals surface area contributed by atoms with Gasteiger partial charge in [0.05, 0.1) is 38.2 Å². The monoisotopic (exact) mass is 563 g/mol. The summed E-state index contributed by atoms with van der Waals surface area (Å²) in [6.07, 6.45) is 0.629. The number of methoxy groups -OCH3 is 2. The van der Waals surface area contributed by atoms with Crippen LogP contribution >= 0.6 is 0 Å². The van der Waals surface area contributed by atoms with Gasteiger partial charge in [0.15, 0.2) is 11.5 Å². The number of fused-ring (bicyclic) bond motifs is 1. The van der Waals surface area contributed by atoms with Crippen molar-refractivity contribution >= 4 is 16.8 Å². The molecule has 214 valence electrons. The van der Waals surface area contributed by atoms with Crippen LogP contribution in [-0.4, -0.2) is 35.8 Å². The first kappa shape index (κ1) is 28.4. The number of carbonyl (C=O) groups excluding carboxylic acids is 1. The fourth-order valence-corrected chi connectivity index (χ4v) is 4.94. The van der Waals surface area contributed by atoms with Crippen LogP contribution in [-0.2, 0) is 19.5 Å². The molecule has 5 rings (SSSR count). The Bertz CT molecular complexity index is 1840. The van der Waals surface area contributed by atoms with Crippen molar-refractivity contribution in [1.29, 1.82) is 0 Å². The average Bonchev–Trinajstić information content (AvgIpc) is 3.02. The molecular formula is C34H33N3O5. The van der Waals surface area contributed by atoms with E-state index in [1.807, 2.05) is 55.5 Å². The fourth-order valence-electron chi connectivity index (χ4n) is 4.94. The van der Waals surface area contributed by atoms with E-state index < -0.39 is 0 Å². The number of nitrogens with zero attached hydrogens (tertiary/aromatic N) is 2. The van der Waals surface area contributed by atoms with Crippen molar-refractivity contribution in [2.75, 3.05) is 20.8 Å². The van der Waals surface area contributed by atoms with Gasteiger partial charge in [-0.05, 0) is 66.4 Å². The number of aryl methyl sites for hydroxylation is 1. The lowest BCUT2D eigenvalue weighted by Crippen LogP contribution is -2.40. The Balaban J connectivity index is 1.31. The van der Waals surface area contributed by atoms with Crippen LogP contribution in [0.2, 0.25) is 0 Å². The molecule has 8 heteroatoms. The highest BCUT2D eigenvalue weighted by molar-refractivity contribution is 5.94. The molecule has 0 saturated carbocycles. The lowest BCUT2D eigenvalue weighted by Gasteiger charge is -2.15. The summed E-state index contributed by atoms with van der Waals surface area (Å²) in [5, 5.41) is 3.42. The summed E-state index contributed by atoms with van der Waals surface area (Å²) < 4.78 is 13.5. The van der Waals surface area contributed by atoms with Gasteiger partial charge in [0.2, 0.25) is 0 Å². The van der Waals surface area contributed by atoms with Gasteiger partial charge in [0.1, 0.15) is 0 Å². The third-order valence-electron chi connectivity index (χ3n) is 7.30. The van der Waals surface area contributed by atoms with Crippen molar-refractivity contribution in [2.24, 2.45) is 0 Å². The van der Waals surface area contributed by atoms with Crippen LogP contribution in [0.3, 0.4) is 0 Å². The van der Waals surface area contributed by atoms with Crippen LogP contribution in [0, 0.1) is 6.92 Å². The lowest BCUT2D eigenvalue weighted by molar-refractivity contribution is 0.0954. The van der Waals surface area contributed by atoms with E-state index in [1.165, 1.54) is 4.57 Å². The van der Waals surface area contributed by atoms with Crippen LogP contribution in [0.1, 0.15) is 32.6 Å². The van der Waals surface area contributed by atoms with Gasteiger partial charge in [0.25, 0.3) is 11.5 Å². The van der Waals surface area contributed by atoms with Crippen LogP contribution in [0.15, 0.2) is 101 Å². The maximum absolute atomic E-state index is 13.6. The number of amides is 1. The van der Waals surface area contributed by atoms with Crippen molar-refractivity contribution in [3.8, 4) is 11.5 Å². The normalized spacial score (nSPS) is 10.9. The molecule has 1 aromatic heterocycles. The Labute approximate surface area is 243 Å². The molecule has 0 aliphatic heterocycles. The zero-order valence-electron chi connectivity index (χ0n) is 23.9. The number of hydrogen-bond acceptors (Lipinski definition) is 5. The summed E-state index contributed by atoms with van der Waals surface area (Å²) in [6.45, 7) is 2.91. The molecule has 1 amide bonds. The Morgan fingerprint density at radius 1 is 0.738 bits per heavy atom. The molecule has 0 radical (unpaired) electrons. The molecule has 1 N–H and O–H groups in total. The van der Waals surface area contributed by atoms with Gasteiger partial charge in [-0.3, -0.25) is 18.7 Å². The maximum Gasteiger partial charge on any atom is 0.332 e. The Morgan fingerprint density at radius 2 is 1.36 bits per heavy atom. The zero-order valence-corrected chi connectivity index (χ0v) is 23.9. The van der Waals surface area contributed by atoms with Crippen LogP contribution in [0.5, 0.6) is 11.5 Å². The van der Waals surface area contributed by atoms with E-state index >= 15 is 0 Å². The minimum absolute atomic E-state index is 0.0948. The number of aromatic nitrogens is 2. The Kier molecular flexibility index (Phi) is 8.52. The first-order chi connectivity index (χ1) is 20.4. The number of nitrogens with one attached hydrogen (secondary N) is 1. The Hall–Kier alpha value is -5.11. The molecule has 0 unspecified atom stereocenters. The Morgan fingerprint density at radius 3 is 2.05 bits per heavy atom. The SMILES string of the molecule is COc1ccc(CCNC(=O)c2ccc(Cn3c(=O)c4ccccc4n(Cc4ccc(C)cc4)c3=O)cc2)cc1OC. The summed E-state index contributed by atoms with van der Waals surface area (Å²) in [6, 6.07) is 27.8. The van der Waals surface area contributed by atoms with Gasteiger partial charge < -0.3 is 14.8 Å². The standard InChI is InChI=1S/C34H33N3O5/c1-23-8-10-25(11-9-23)21-36-29-7-5-4-6-28(29)33(39)37(34(36)40)22-26-12-15-27(16-13-26)32(38)35-19-18-24-14-17-30(41-2)31(20-24)42-3/h4-17,20H,18-19,21-22H2,1-3H3,(H,35,38). The molecule has 0 saturated heterocycles. The zero-order chi connectivity index (χ0) is 29.6. The molecule has 1 heterocycles. The van der Waals surface area contributed by atoms with E-state index in [2.05, 4.69) is 5.32 Å². The van der Waals surface area contributed by atoms with Gasteiger partial charge in [-0.25, -0.2) is 4.79 Å². The number of rotatable bonds is 10. The topological polar surface area (TPSA) is 91.6 Å². The highest BCUT2D eigenvalue weighted by Gasteiger charge is 2.14. The van der Waals surface area contributed by atoms with Gasteiger partial charge in [-0.2, -0.15) is 0 Å². The van der Waals surface area contributed by atoms with E-state index in [-0.39, 0.29) is 23.7 Å². The average molecular weight is 564 g/mol. The summed E-state index contributed by atoms with van der Waals surface area (Å²) in [7, 11) is 3.18. The van der Waals surface area contributed by atoms with Crippen molar-refractivity contribution < 1.29 is 14.3 Å². The van der Waals surface area contributed by atoms with Gasteiger partial charge in [-0.1, -0.05) is 60.2 Å². The molecule has 0 spiro atoms. The third kappa shape index (κ3) is 6.12. The van der Waals surface area contributed by atoms with E-state index in [4.69, 9.17) is 9.47 Å². The first-order valence-electron chi connectivity index (χ1n) is 13.7. The minimum atomic E-state index is -0.378. The molecule has 0 atom stereocenters. The van der Waals surface area contributed by atoms with E-state index in [0.29, 0.717) is 47.5 Å². The molecule has 0 fully saturated rings. The van der Waals surface area contributed by atoms with Crippen LogP contribution in [0.25, 0.3) is 10.9 Å². The predicted octanol–water partition coefficient (Wildman–Crippen LogP) is 4.56. The van der Waals surface area contributed by atoms with Gasteiger partial charge in [-0.15, -0.1) is 0 Å². The maximum atomic E-state index is 13.6. The second-order valence-electron chi connectivity index (χ2n) is 10.2. The molecule has 5 aromatic rings. The number of para-hydroxylation sites is 1. The number of benzene rings is 4. The lowest BCUT2D eigenvalue weighted by atomic mass is 10.1. The summed E-state index contributed by atoms with van der Waals surface area (Å²) in [4.78, 5) is 39.7. The number of ether oxygens (including phenoxy) is 2. The molecule has 8 nitrogen and oxygen atoms in total. The molecular weight excluding hydrogens is 530 g/mol. The minimum Gasteiger partial charge on any atom is -0.493 e. The summed E-state index contributed by atoms with van der Waals surface area (Å²) in [5.41, 5.74) is 4.24. The quantitative estimate of drug-likeness (QED) is 0.269. The third-order valence-corrected chi connectivity index (χ3v) is 7.30. The van der Waals surface area contributed by atoms with Gasteiger partial charge >= 0.3 is 5.69 Å². The number of carbonyl (C=O) groups is 1. The van der Waals surface area contributed by atoms with E-state index in [9.17, 15) is 14.4 Å². The predicted molar refractivity (Wildman–Crippen MR) is 164 cm³/mol. The summed E-state index contributed by atoms with van der Waals surface area (Å²) in [5.74, 6) is 1.09. The van der Waals surface area contributed by atoms with Crippen molar-refractivity contribution in [1.82, 2.24) is 14.5 Å². The highest BCUT2D eigenvalue weighted by Crippen LogP contribution is 2.27. The van der Waals surface area contributed by atoms with E-state index in [0.717, 1.165) is 22.3 Å². The molecule has 42 heavy (non-hydrogen) atoms. The largest absolute Gasteiger partial charge is 0.493 e. The highest BCUT2D eigenvalue weighted by atomic mass is 16.5. The van der Waals surface area contributed by atoms with Gasteiger partial charge in [0, 0.05) is 12.1 Å². The van der Waals surface area contributed by atoms with Crippen molar-refractivity contribution in [3.05, 3.63) is 140 Å².